The monoisotopic (exact) mass is 846 g/mol. The second kappa shape index (κ2) is 15.7. The molecule has 0 spiro atoms. The first kappa shape index (κ1) is 38.4. The van der Waals surface area contributed by atoms with Crippen LogP contribution < -0.4 is 9.47 Å². The molecule has 231 valence electrons. The van der Waals surface area contributed by atoms with Crippen molar-refractivity contribution < 1.29 is 118 Å². The number of hydrogen-bond acceptors (Lipinski definition) is 4. The molecule has 0 saturated heterocycles. The summed E-state index contributed by atoms with van der Waals surface area (Å²) in [6, 6.07) is 18.8. The molecule has 0 amide bonds. The second-order valence-electron chi connectivity index (χ2n) is 12.1. The van der Waals surface area contributed by atoms with Gasteiger partial charge in [-0.05, 0) is 47.1 Å². The van der Waals surface area contributed by atoms with E-state index in [-0.39, 0.29) is 116 Å². The van der Waals surface area contributed by atoms with Gasteiger partial charge in [-0.25, -0.2) is 11.1 Å². The summed E-state index contributed by atoms with van der Waals surface area (Å²) in [5.41, 5.74) is 10.5. The molecule has 9 rings (SSSR count). The number of benzene rings is 4. The number of phenols is 2. The van der Waals surface area contributed by atoms with Crippen molar-refractivity contribution in [2.45, 2.75) is 65.9 Å². The van der Waals surface area contributed by atoms with E-state index in [1.165, 1.54) is 49.8 Å². The van der Waals surface area contributed by atoms with Crippen molar-refractivity contribution in [3.63, 3.8) is 0 Å². The van der Waals surface area contributed by atoms with Crippen molar-refractivity contribution in [2.75, 3.05) is 0 Å². The maximum absolute atomic E-state index is 9.38. The van der Waals surface area contributed by atoms with Crippen LogP contribution in [-0.4, -0.2) is 16.3 Å². The topological polar surface area (TPSA) is 58.9 Å². The van der Waals surface area contributed by atoms with Gasteiger partial charge in [0, 0.05) is 120 Å². The molecule has 3 radical (unpaired) electrons. The molecule has 47 heavy (non-hydrogen) atoms. The fraction of sp³-hybridized carbons (Fsp3) is 0.250. The molecular weight excluding hydrogens is 811 g/mol. The third kappa shape index (κ3) is 6.99. The number of rotatable bonds is 0. The maximum Gasteiger partial charge on any atom is 0.128 e. The average Bonchev–Trinajstić information content (AvgIpc) is 3.69. The maximum atomic E-state index is 9.38. The van der Waals surface area contributed by atoms with E-state index in [1.54, 1.807) is 36.4 Å². The summed E-state index contributed by atoms with van der Waals surface area (Å²) in [6.07, 6.45) is 13.1. The molecule has 2 atom stereocenters. The minimum atomic E-state index is 0. The Hall–Kier alpha value is -1.39. The van der Waals surface area contributed by atoms with Gasteiger partial charge in [-0.15, -0.1) is 13.3 Å². The normalized spacial score (nSPS) is 19.1. The number of fused-ring (bicyclic) bond motifs is 4. The fourth-order valence-electron chi connectivity index (χ4n) is 6.76. The fourth-order valence-corrected chi connectivity index (χ4v) is 6.76. The largest absolute Gasteiger partial charge is 0.545 e. The quantitative estimate of drug-likeness (QED) is 0.173. The molecule has 7 heteroatoms. The Morgan fingerprint density at radius 1 is 0.681 bits per heavy atom. The molecule has 3 aliphatic carbocycles. The Labute approximate surface area is 353 Å². The summed E-state index contributed by atoms with van der Waals surface area (Å²) in [7, 11) is 0. The van der Waals surface area contributed by atoms with Gasteiger partial charge in [0.1, 0.15) is 23.0 Å². The van der Waals surface area contributed by atoms with Crippen LogP contribution in [0.1, 0.15) is 70.9 Å². The van der Waals surface area contributed by atoms with Gasteiger partial charge in [0.2, 0.25) is 0 Å². The van der Waals surface area contributed by atoms with Crippen molar-refractivity contribution in [1.29, 1.82) is 0 Å². The molecule has 0 aromatic heterocycles. The van der Waals surface area contributed by atoms with Gasteiger partial charge in [0.05, 0.1) is 6.10 Å². The van der Waals surface area contributed by atoms with Gasteiger partial charge >= 0.3 is 0 Å². The Morgan fingerprint density at radius 2 is 1.32 bits per heavy atom. The predicted molar refractivity (Wildman–Crippen MR) is 175 cm³/mol. The molecule has 5 aliphatic rings. The van der Waals surface area contributed by atoms with Crippen molar-refractivity contribution in [3.8, 4) is 23.0 Å². The predicted octanol–water partition coefficient (Wildman–Crippen LogP) is 9.81. The van der Waals surface area contributed by atoms with Gasteiger partial charge in [0.15, 0.2) is 0 Å². The number of ether oxygens (including phenoxy) is 2. The van der Waals surface area contributed by atoms with Crippen LogP contribution in [0.2, 0.25) is 0 Å². The molecule has 2 aliphatic heterocycles. The number of phenolic OH excluding ortho intramolecular Hbond substituents is 2. The van der Waals surface area contributed by atoms with Crippen molar-refractivity contribution in [3.05, 3.63) is 124 Å². The van der Waals surface area contributed by atoms with Crippen LogP contribution in [0.4, 0.5) is 0 Å². The van der Waals surface area contributed by atoms with Crippen LogP contribution in [0.5, 0.6) is 23.0 Å². The van der Waals surface area contributed by atoms with Gasteiger partial charge in [-0.2, -0.15) is 23.1 Å². The van der Waals surface area contributed by atoms with E-state index in [0.29, 0.717) is 16.7 Å². The standard InChI is InChI=1S/C22H16O2.C10H8O2.C8H11.3Y/c1-11-3-5-15-13-7-10-18-20-14(16-6-4-12(2)22(16)24-18)8-9-17(19(13)20)23-21(11)15;11-9-5-1-3-7-8(9)4-2-6-10(7)12;1-6-4-5-7(2)8(6)3;;;/h7-10,15,21H,5-6H2,1-2H3;1-6,11-12H;4H2,1-3H3;;;/q-2;;-1;;;. The third-order valence-corrected chi connectivity index (χ3v) is 9.54. The number of hydrogen-bond donors (Lipinski definition) is 2. The van der Waals surface area contributed by atoms with Crippen molar-refractivity contribution in [2.24, 2.45) is 0 Å². The Balaban J connectivity index is 0.000000184. The Kier molecular flexibility index (Phi) is 12.8. The summed E-state index contributed by atoms with van der Waals surface area (Å²) in [5, 5.41) is 22.6. The van der Waals surface area contributed by atoms with Crippen LogP contribution in [0, 0.1) is 18.2 Å². The number of aromatic hydroxyl groups is 2. The zero-order valence-corrected chi connectivity index (χ0v) is 36.0. The average molecular weight is 846 g/mol. The van der Waals surface area contributed by atoms with E-state index in [4.69, 9.17) is 9.47 Å². The number of allylic oxidation sites excluding steroid dienone is 8. The summed E-state index contributed by atoms with van der Waals surface area (Å²) < 4.78 is 12.6. The first-order chi connectivity index (χ1) is 21.2. The molecule has 2 heterocycles. The van der Waals surface area contributed by atoms with Crippen LogP contribution >= 0.6 is 0 Å². The van der Waals surface area contributed by atoms with Gasteiger partial charge in [0.25, 0.3) is 0 Å². The van der Waals surface area contributed by atoms with E-state index >= 15 is 0 Å². The van der Waals surface area contributed by atoms with E-state index in [1.807, 2.05) is 0 Å². The van der Waals surface area contributed by atoms with Crippen LogP contribution in [-0.2, 0) is 98.1 Å². The van der Waals surface area contributed by atoms with Crippen LogP contribution in [0.3, 0.4) is 0 Å². The first-order valence-electron chi connectivity index (χ1n) is 15.2. The molecule has 0 fully saturated rings. The van der Waals surface area contributed by atoms with E-state index in [0.717, 1.165) is 42.1 Å². The second-order valence-corrected chi connectivity index (χ2v) is 12.1. The summed E-state index contributed by atoms with van der Waals surface area (Å²) in [5.74, 6) is 3.70. The van der Waals surface area contributed by atoms with Crippen LogP contribution in [0.15, 0.2) is 94.3 Å². The van der Waals surface area contributed by atoms with Gasteiger partial charge in [-0.1, -0.05) is 76.1 Å². The SMILES string of the molecule is CC1=[C-]CC(C)=C1C.CC1=[C-]CC2=C1Oc1ccc3c4c(ccc2c14)OC1C(C)=[C-]CC31.Oc1cccc2c(O)cccc12.[Y].[Y].[Y]. The smallest absolute Gasteiger partial charge is 0.128 e. The molecule has 0 bridgehead atoms. The van der Waals surface area contributed by atoms with Crippen molar-refractivity contribution in [1.82, 2.24) is 0 Å². The van der Waals surface area contributed by atoms with E-state index < -0.39 is 0 Å². The zero-order valence-electron chi connectivity index (χ0n) is 27.5. The molecule has 2 unspecified atom stereocenters. The summed E-state index contributed by atoms with van der Waals surface area (Å²) >= 11 is 0. The van der Waals surface area contributed by atoms with E-state index in [2.05, 4.69) is 77.1 Å². The molecular formula is C40H35O4Y3-3. The molecule has 4 nitrogen and oxygen atoms in total. The third-order valence-electron chi connectivity index (χ3n) is 9.54. The summed E-state index contributed by atoms with van der Waals surface area (Å²) in [4.78, 5) is 0. The molecule has 0 saturated carbocycles. The minimum absolute atomic E-state index is 0. The molecule has 4 aromatic carbocycles. The first-order valence-corrected chi connectivity index (χ1v) is 15.2. The summed E-state index contributed by atoms with van der Waals surface area (Å²) in [6.45, 7) is 10.6. The molecule has 2 N–H and O–H groups in total. The van der Waals surface area contributed by atoms with Crippen LogP contribution in [0.25, 0.3) is 27.1 Å². The van der Waals surface area contributed by atoms with E-state index in [9.17, 15) is 10.2 Å². The zero-order chi connectivity index (χ0) is 30.7. The van der Waals surface area contributed by atoms with Gasteiger partial charge < -0.3 is 25.8 Å². The van der Waals surface area contributed by atoms with Gasteiger partial charge in [-0.3, -0.25) is 12.2 Å². The van der Waals surface area contributed by atoms with Crippen molar-refractivity contribution >= 4 is 27.1 Å². The minimum Gasteiger partial charge on any atom is -0.545 e. The molecule has 4 aromatic rings. The Morgan fingerprint density at radius 3 is 1.91 bits per heavy atom. The Bertz CT molecular complexity index is 1990.